The van der Waals surface area contributed by atoms with E-state index in [1.54, 1.807) is 6.08 Å². The summed E-state index contributed by atoms with van der Waals surface area (Å²) in [5.74, 6) is -0.263. The summed E-state index contributed by atoms with van der Waals surface area (Å²) in [6.07, 6.45) is 2.62. The summed E-state index contributed by atoms with van der Waals surface area (Å²) >= 11 is 3.41. The number of benzene rings is 2. The monoisotopic (exact) mass is 448 g/mol. The van der Waals surface area contributed by atoms with E-state index >= 15 is 0 Å². The predicted molar refractivity (Wildman–Crippen MR) is 111 cm³/mol. The molecule has 0 atom stereocenters. The first-order valence-electron chi connectivity index (χ1n) is 8.74. The van der Waals surface area contributed by atoms with Gasteiger partial charge in [0.2, 0.25) is 15.9 Å². The van der Waals surface area contributed by atoms with Crippen molar-refractivity contribution in [3.05, 3.63) is 70.0 Å². The number of para-hydroxylation sites is 1. The Morgan fingerprint density at radius 2 is 1.67 bits per heavy atom. The number of amides is 1. The molecule has 1 aliphatic heterocycles. The van der Waals surface area contributed by atoms with Gasteiger partial charge in [-0.2, -0.15) is 4.31 Å². The van der Waals surface area contributed by atoms with E-state index in [1.807, 2.05) is 54.6 Å². The SMILES string of the molecule is O=C(Nc1ccccc1Br)C1CCN(S(=O)(=O)/C=C/c2ccccc2)CC1. The molecule has 0 aromatic heterocycles. The number of nitrogens with one attached hydrogen (secondary N) is 1. The number of anilines is 1. The van der Waals surface area contributed by atoms with Crippen molar-refractivity contribution in [3.63, 3.8) is 0 Å². The van der Waals surface area contributed by atoms with Gasteiger partial charge >= 0.3 is 0 Å². The van der Waals surface area contributed by atoms with Gasteiger partial charge in [-0.05, 0) is 52.5 Å². The molecule has 7 heteroatoms. The molecule has 1 saturated heterocycles. The van der Waals surface area contributed by atoms with Crippen molar-refractivity contribution in [2.45, 2.75) is 12.8 Å². The molecule has 5 nitrogen and oxygen atoms in total. The lowest BCUT2D eigenvalue weighted by Crippen LogP contribution is -2.40. The Morgan fingerprint density at radius 1 is 1.04 bits per heavy atom. The lowest BCUT2D eigenvalue weighted by atomic mass is 9.97. The highest BCUT2D eigenvalue weighted by molar-refractivity contribution is 9.10. The van der Waals surface area contributed by atoms with Gasteiger partial charge in [-0.3, -0.25) is 4.79 Å². The van der Waals surface area contributed by atoms with Crippen LogP contribution in [0.1, 0.15) is 18.4 Å². The Hall–Kier alpha value is -1.96. The largest absolute Gasteiger partial charge is 0.325 e. The van der Waals surface area contributed by atoms with Crippen LogP contribution in [0.25, 0.3) is 6.08 Å². The van der Waals surface area contributed by atoms with Gasteiger partial charge in [-0.1, -0.05) is 42.5 Å². The molecule has 27 heavy (non-hydrogen) atoms. The quantitative estimate of drug-likeness (QED) is 0.748. The van der Waals surface area contributed by atoms with Crippen molar-refractivity contribution in [2.24, 2.45) is 5.92 Å². The predicted octanol–water partition coefficient (Wildman–Crippen LogP) is 4.10. The molecule has 0 unspecified atom stereocenters. The minimum atomic E-state index is -3.48. The second-order valence-electron chi connectivity index (χ2n) is 6.40. The van der Waals surface area contributed by atoms with Gasteiger partial charge in [0.25, 0.3) is 0 Å². The molecular formula is C20H21BrN2O3S. The van der Waals surface area contributed by atoms with Crippen molar-refractivity contribution < 1.29 is 13.2 Å². The van der Waals surface area contributed by atoms with Gasteiger partial charge in [-0.15, -0.1) is 0 Å². The summed E-state index contributed by atoms with van der Waals surface area (Å²) < 4.78 is 27.3. The average Bonchev–Trinajstić information content (AvgIpc) is 2.69. The molecule has 3 rings (SSSR count). The molecule has 142 valence electrons. The smallest absolute Gasteiger partial charge is 0.236 e. The van der Waals surface area contributed by atoms with Crippen LogP contribution in [-0.4, -0.2) is 31.7 Å². The molecule has 2 aromatic carbocycles. The van der Waals surface area contributed by atoms with Crippen LogP contribution in [-0.2, 0) is 14.8 Å². The van der Waals surface area contributed by atoms with Crippen molar-refractivity contribution in [1.82, 2.24) is 4.31 Å². The highest BCUT2D eigenvalue weighted by Crippen LogP contribution is 2.25. The zero-order valence-corrected chi connectivity index (χ0v) is 17.1. The number of piperidine rings is 1. The van der Waals surface area contributed by atoms with Gasteiger partial charge in [-0.25, -0.2) is 8.42 Å². The fourth-order valence-corrected chi connectivity index (χ4v) is 4.59. The molecule has 2 aromatic rings. The molecule has 1 fully saturated rings. The van der Waals surface area contributed by atoms with Crippen molar-refractivity contribution in [1.29, 1.82) is 0 Å². The number of rotatable bonds is 5. The maximum atomic E-state index is 12.5. The van der Waals surface area contributed by atoms with E-state index in [-0.39, 0.29) is 11.8 Å². The highest BCUT2D eigenvalue weighted by atomic mass is 79.9. The van der Waals surface area contributed by atoms with E-state index in [1.165, 1.54) is 9.71 Å². The fourth-order valence-electron chi connectivity index (χ4n) is 2.98. The Labute approximate surface area is 168 Å². The van der Waals surface area contributed by atoms with Crippen molar-refractivity contribution in [3.8, 4) is 0 Å². The number of hydrogen-bond donors (Lipinski definition) is 1. The van der Waals surface area contributed by atoms with Crippen molar-refractivity contribution >= 4 is 43.6 Å². The molecular weight excluding hydrogens is 428 g/mol. The average molecular weight is 449 g/mol. The van der Waals surface area contributed by atoms with E-state index in [2.05, 4.69) is 21.2 Å². The number of hydrogen-bond acceptors (Lipinski definition) is 3. The molecule has 1 heterocycles. The first-order chi connectivity index (χ1) is 13.0. The summed E-state index contributed by atoms with van der Waals surface area (Å²) in [5, 5.41) is 4.15. The normalized spacial score (nSPS) is 16.5. The Balaban J connectivity index is 1.57. The maximum absolute atomic E-state index is 12.5. The highest BCUT2D eigenvalue weighted by Gasteiger charge is 2.30. The van der Waals surface area contributed by atoms with Gasteiger partial charge in [0.15, 0.2) is 0 Å². The third-order valence-corrected chi connectivity index (χ3v) is 6.80. The third kappa shape index (κ3) is 5.28. The van der Waals surface area contributed by atoms with E-state index in [0.29, 0.717) is 25.9 Å². The molecule has 0 radical (unpaired) electrons. The summed E-state index contributed by atoms with van der Waals surface area (Å²) in [6, 6.07) is 16.7. The molecule has 1 N–H and O–H groups in total. The maximum Gasteiger partial charge on any atom is 0.236 e. The molecule has 0 aliphatic carbocycles. The van der Waals surface area contributed by atoms with Crippen LogP contribution in [0.3, 0.4) is 0 Å². The lowest BCUT2D eigenvalue weighted by Gasteiger charge is -2.29. The Bertz CT molecular complexity index is 921. The van der Waals surface area contributed by atoms with Gasteiger partial charge in [0, 0.05) is 28.9 Å². The third-order valence-electron chi connectivity index (χ3n) is 4.55. The minimum Gasteiger partial charge on any atom is -0.325 e. The molecule has 0 spiro atoms. The number of nitrogens with zero attached hydrogens (tertiary/aromatic N) is 1. The molecule has 1 amide bonds. The van der Waals surface area contributed by atoms with E-state index in [0.717, 1.165) is 15.7 Å². The minimum absolute atomic E-state index is 0.0706. The Morgan fingerprint density at radius 3 is 2.33 bits per heavy atom. The standard InChI is InChI=1S/C20H21BrN2O3S/c21-18-8-4-5-9-19(18)22-20(24)17-10-13-23(14-11-17)27(25,26)15-12-16-6-2-1-3-7-16/h1-9,12,15,17H,10-11,13-14H2,(H,22,24)/b15-12+. The number of halogens is 1. The van der Waals surface area contributed by atoms with E-state index in [9.17, 15) is 13.2 Å². The van der Waals surface area contributed by atoms with Gasteiger partial charge in [0.1, 0.15) is 0 Å². The van der Waals surface area contributed by atoms with Crippen LogP contribution in [0.15, 0.2) is 64.5 Å². The van der Waals surface area contributed by atoms with Crippen LogP contribution in [0.4, 0.5) is 5.69 Å². The molecule has 0 bridgehead atoms. The Kier molecular flexibility index (Phi) is 6.46. The zero-order valence-electron chi connectivity index (χ0n) is 14.7. The van der Waals surface area contributed by atoms with Crippen molar-refractivity contribution in [2.75, 3.05) is 18.4 Å². The lowest BCUT2D eigenvalue weighted by molar-refractivity contribution is -0.120. The summed E-state index contributed by atoms with van der Waals surface area (Å²) in [7, 11) is -3.48. The van der Waals surface area contributed by atoms with Crippen LogP contribution in [0, 0.1) is 5.92 Å². The first-order valence-corrected chi connectivity index (χ1v) is 11.0. The second-order valence-corrected chi connectivity index (χ2v) is 9.07. The number of carbonyl (C=O) groups excluding carboxylic acids is 1. The molecule has 0 saturated carbocycles. The van der Waals surface area contributed by atoms with Gasteiger partial charge in [0.05, 0.1) is 5.69 Å². The van der Waals surface area contributed by atoms with Gasteiger partial charge < -0.3 is 5.32 Å². The number of carbonyl (C=O) groups is 1. The van der Waals surface area contributed by atoms with E-state index in [4.69, 9.17) is 0 Å². The van der Waals surface area contributed by atoms with Crippen LogP contribution >= 0.6 is 15.9 Å². The topological polar surface area (TPSA) is 66.5 Å². The summed E-state index contributed by atoms with van der Waals surface area (Å²) in [5.41, 5.74) is 1.56. The molecule has 1 aliphatic rings. The zero-order chi connectivity index (χ0) is 19.3. The van der Waals surface area contributed by atoms with E-state index < -0.39 is 10.0 Å². The van der Waals surface area contributed by atoms with Crippen LogP contribution < -0.4 is 5.32 Å². The first kappa shape index (κ1) is 19.8. The second kappa shape index (κ2) is 8.82. The summed E-state index contributed by atoms with van der Waals surface area (Å²) in [6.45, 7) is 0.686. The van der Waals surface area contributed by atoms with Crippen LogP contribution in [0.5, 0.6) is 0 Å². The fraction of sp³-hybridized carbons (Fsp3) is 0.250. The number of sulfonamides is 1. The van der Waals surface area contributed by atoms with Crippen LogP contribution in [0.2, 0.25) is 0 Å². The summed E-state index contributed by atoms with van der Waals surface area (Å²) in [4.78, 5) is 12.5.